The maximum atomic E-state index is 12.4. The molecule has 0 atom stereocenters. The van der Waals surface area contributed by atoms with Gasteiger partial charge >= 0.3 is 25.5 Å². The number of nitrogens with zero attached hydrogens (tertiary/aromatic N) is 4. The summed E-state index contributed by atoms with van der Waals surface area (Å²) in [6, 6.07) is 19.4. The lowest BCUT2D eigenvalue weighted by Crippen LogP contribution is -2.29. The second-order valence-corrected chi connectivity index (χ2v) is 10.2. The van der Waals surface area contributed by atoms with Crippen LogP contribution >= 0.6 is 0 Å². The van der Waals surface area contributed by atoms with Crippen molar-refractivity contribution in [3.05, 3.63) is 73.1 Å². The van der Waals surface area contributed by atoms with Gasteiger partial charge in [-0.3, -0.25) is 0 Å². The first kappa shape index (κ1) is 21.7. The fourth-order valence-corrected chi connectivity index (χ4v) is 4.26. The summed E-state index contributed by atoms with van der Waals surface area (Å²) in [5, 5.41) is 4.84. The highest BCUT2D eigenvalue weighted by Gasteiger charge is 2.26. The fourth-order valence-electron chi connectivity index (χ4n) is 2.72. The molecule has 0 fully saturated rings. The van der Waals surface area contributed by atoms with Crippen molar-refractivity contribution in [2.45, 2.75) is 5.16 Å². The van der Waals surface area contributed by atoms with Gasteiger partial charge in [-0.05, 0) is 47.2 Å². The molecule has 0 aliphatic heterocycles. The summed E-state index contributed by atoms with van der Waals surface area (Å²) in [5.74, 6) is 1.09. The highest BCUT2D eigenvalue weighted by atomic mass is 32.2. The van der Waals surface area contributed by atoms with Crippen molar-refractivity contribution in [3.63, 3.8) is 0 Å². The zero-order valence-corrected chi connectivity index (χ0v) is 18.6. The Balaban J connectivity index is 1.48. The fraction of sp³-hybridized carbons (Fsp3) is 0.100. The highest BCUT2D eigenvalue weighted by Crippen LogP contribution is 2.27. The van der Waals surface area contributed by atoms with E-state index < -0.39 is 25.5 Å². The summed E-state index contributed by atoms with van der Waals surface area (Å²) in [5.41, 5.74) is 0. The SMILES string of the molecule is CN(C)S(=O)(=O)n1cnc(S(=O)(=O)Oc2ccc(Oc3ccc4ccccc4c3)cc2)n1. The summed E-state index contributed by atoms with van der Waals surface area (Å²) in [4.78, 5) is 3.54. The number of rotatable bonds is 7. The Labute approximate surface area is 185 Å². The molecule has 0 saturated heterocycles. The van der Waals surface area contributed by atoms with Gasteiger partial charge in [-0.25, -0.2) is 4.98 Å². The molecule has 0 saturated carbocycles. The molecule has 0 aliphatic carbocycles. The smallest absolute Gasteiger partial charge is 0.377 e. The van der Waals surface area contributed by atoms with E-state index in [0.29, 0.717) is 15.6 Å². The lowest BCUT2D eigenvalue weighted by atomic mass is 10.1. The third kappa shape index (κ3) is 4.42. The monoisotopic (exact) mass is 474 g/mol. The van der Waals surface area contributed by atoms with E-state index in [4.69, 9.17) is 8.92 Å². The Bertz CT molecular complexity index is 1480. The first-order valence-electron chi connectivity index (χ1n) is 9.21. The maximum absolute atomic E-state index is 12.4. The molecule has 0 radical (unpaired) electrons. The minimum atomic E-state index is -4.44. The number of fused-ring (bicyclic) bond motifs is 1. The van der Waals surface area contributed by atoms with E-state index in [1.165, 1.54) is 26.2 Å². The van der Waals surface area contributed by atoms with E-state index in [2.05, 4.69) is 10.1 Å². The quantitative estimate of drug-likeness (QED) is 0.375. The highest BCUT2D eigenvalue weighted by molar-refractivity contribution is 7.87. The lowest BCUT2D eigenvalue weighted by Gasteiger charge is -2.09. The van der Waals surface area contributed by atoms with E-state index in [0.717, 1.165) is 21.4 Å². The molecule has 0 amide bonds. The Morgan fingerprint density at radius 3 is 2.12 bits per heavy atom. The van der Waals surface area contributed by atoms with E-state index in [1.807, 2.05) is 42.5 Å². The first-order valence-corrected chi connectivity index (χ1v) is 12.0. The van der Waals surface area contributed by atoms with Crippen molar-refractivity contribution in [1.82, 2.24) is 18.5 Å². The summed E-state index contributed by atoms with van der Waals surface area (Å²) in [6.45, 7) is 0. The van der Waals surface area contributed by atoms with E-state index in [-0.39, 0.29) is 5.75 Å². The number of ether oxygens (including phenoxy) is 1. The van der Waals surface area contributed by atoms with Gasteiger partial charge in [0.15, 0.2) is 0 Å². The van der Waals surface area contributed by atoms with Crippen LogP contribution in [0.2, 0.25) is 0 Å². The molecule has 0 spiro atoms. The van der Waals surface area contributed by atoms with Gasteiger partial charge < -0.3 is 8.92 Å². The third-order valence-corrected chi connectivity index (χ3v) is 6.98. The Kier molecular flexibility index (Phi) is 5.59. The maximum Gasteiger partial charge on any atom is 0.377 e. The summed E-state index contributed by atoms with van der Waals surface area (Å²) in [7, 11) is -5.88. The van der Waals surface area contributed by atoms with Crippen LogP contribution < -0.4 is 8.92 Å². The van der Waals surface area contributed by atoms with Crippen LogP contribution in [0.15, 0.2) is 78.2 Å². The van der Waals surface area contributed by atoms with Gasteiger partial charge in [-0.15, -0.1) is 9.19 Å². The van der Waals surface area contributed by atoms with Crippen LogP contribution in [0, 0.1) is 0 Å². The van der Waals surface area contributed by atoms with Crippen molar-refractivity contribution < 1.29 is 25.8 Å². The number of benzene rings is 3. The van der Waals surface area contributed by atoms with Gasteiger partial charge in [-0.1, -0.05) is 30.3 Å². The molecule has 1 heterocycles. The molecule has 0 aliphatic rings. The van der Waals surface area contributed by atoms with Gasteiger partial charge in [0, 0.05) is 14.1 Å². The molecule has 4 aromatic rings. The molecule has 12 heteroatoms. The van der Waals surface area contributed by atoms with E-state index >= 15 is 0 Å². The molecular formula is C20H18N4O6S2. The normalized spacial score (nSPS) is 12.2. The molecule has 4 rings (SSSR count). The Morgan fingerprint density at radius 2 is 1.44 bits per heavy atom. The van der Waals surface area contributed by atoms with Crippen LogP contribution in [0.4, 0.5) is 0 Å². The van der Waals surface area contributed by atoms with Gasteiger partial charge in [0.2, 0.25) is 0 Å². The lowest BCUT2D eigenvalue weighted by molar-refractivity contribution is 0.469. The Morgan fingerprint density at radius 1 is 0.812 bits per heavy atom. The van der Waals surface area contributed by atoms with Gasteiger partial charge in [0.25, 0.3) is 0 Å². The van der Waals surface area contributed by atoms with Crippen LogP contribution in [0.3, 0.4) is 0 Å². The predicted molar refractivity (Wildman–Crippen MR) is 116 cm³/mol. The molecule has 0 N–H and O–H groups in total. The number of hydrogen-bond donors (Lipinski definition) is 0. The zero-order chi connectivity index (χ0) is 22.9. The molecule has 0 unspecified atom stereocenters. The van der Waals surface area contributed by atoms with E-state index in [1.54, 1.807) is 12.1 Å². The molecule has 1 aromatic heterocycles. The summed E-state index contributed by atoms with van der Waals surface area (Å²) in [6.07, 6.45) is 0.784. The second kappa shape index (κ2) is 8.22. The molecule has 0 bridgehead atoms. The van der Waals surface area contributed by atoms with Gasteiger partial charge in [-0.2, -0.15) is 21.1 Å². The zero-order valence-electron chi connectivity index (χ0n) is 17.0. The van der Waals surface area contributed by atoms with Crippen LogP contribution in [0.5, 0.6) is 17.2 Å². The van der Waals surface area contributed by atoms with Crippen LogP contribution in [0.25, 0.3) is 10.8 Å². The van der Waals surface area contributed by atoms with Crippen LogP contribution in [-0.4, -0.2) is 49.4 Å². The third-order valence-electron chi connectivity index (χ3n) is 4.36. The van der Waals surface area contributed by atoms with E-state index in [9.17, 15) is 16.8 Å². The van der Waals surface area contributed by atoms with Crippen LogP contribution in [-0.2, 0) is 20.3 Å². The summed E-state index contributed by atoms with van der Waals surface area (Å²) < 4.78 is 61.0. The number of hydrogen-bond acceptors (Lipinski definition) is 8. The van der Waals surface area contributed by atoms with Crippen molar-refractivity contribution in [3.8, 4) is 17.2 Å². The van der Waals surface area contributed by atoms with Crippen molar-refractivity contribution >= 4 is 31.1 Å². The van der Waals surface area contributed by atoms with Crippen molar-refractivity contribution in [2.75, 3.05) is 14.1 Å². The minimum absolute atomic E-state index is 0.0114. The first-order chi connectivity index (χ1) is 15.1. The average molecular weight is 475 g/mol. The predicted octanol–water partition coefficient (Wildman–Crippen LogP) is 2.65. The van der Waals surface area contributed by atoms with Crippen LogP contribution in [0.1, 0.15) is 0 Å². The average Bonchev–Trinajstić information content (AvgIpc) is 3.27. The summed E-state index contributed by atoms with van der Waals surface area (Å²) >= 11 is 0. The largest absolute Gasteiger partial charge is 0.457 e. The van der Waals surface area contributed by atoms with Gasteiger partial charge in [0.05, 0.1) is 0 Å². The number of aromatic nitrogens is 3. The standard InChI is InChI=1S/C20H18N4O6S2/c1-23(2)32(27,28)24-14-21-20(22-24)31(25,26)30-18-11-9-17(10-12-18)29-19-8-7-15-5-3-4-6-16(15)13-19/h3-14H,1-2H3. The molecular weight excluding hydrogens is 456 g/mol. The van der Waals surface area contributed by atoms with Gasteiger partial charge in [0.1, 0.15) is 23.6 Å². The molecule has 3 aromatic carbocycles. The molecule has 166 valence electrons. The minimum Gasteiger partial charge on any atom is -0.457 e. The Hall–Kier alpha value is -3.48. The van der Waals surface area contributed by atoms with Crippen molar-refractivity contribution in [1.29, 1.82) is 0 Å². The second-order valence-electron chi connectivity index (χ2n) is 6.81. The van der Waals surface area contributed by atoms with Crippen molar-refractivity contribution in [2.24, 2.45) is 0 Å². The molecule has 32 heavy (non-hydrogen) atoms. The topological polar surface area (TPSA) is 121 Å². The molecule has 10 nitrogen and oxygen atoms in total.